The molecule has 1 atom stereocenters. The van der Waals surface area contributed by atoms with Gasteiger partial charge in [-0.25, -0.2) is 0 Å². The minimum Gasteiger partial charge on any atom is -0.376 e. The molecule has 2 fully saturated rings. The summed E-state index contributed by atoms with van der Waals surface area (Å²) < 4.78 is 8.39. The third-order valence-corrected chi connectivity index (χ3v) is 7.53. The van der Waals surface area contributed by atoms with Crippen molar-refractivity contribution >= 4 is 61.7 Å². The zero-order valence-electron chi connectivity index (χ0n) is 18.9. The number of imide groups is 1. The Balaban J connectivity index is 1.34. The molecule has 5 rings (SSSR count). The molecule has 35 heavy (non-hydrogen) atoms. The van der Waals surface area contributed by atoms with E-state index in [-0.39, 0.29) is 36.2 Å². The van der Waals surface area contributed by atoms with Crippen LogP contribution >= 0.6 is 27.7 Å². The number of fused-ring (bicyclic) bond motifs is 1. The molecule has 1 aromatic heterocycles. The van der Waals surface area contributed by atoms with Crippen LogP contribution in [0.1, 0.15) is 24.0 Å². The van der Waals surface area contributed by atoms with E-state index in [9.17, 15) is 14.4 Å². The molecule has 0 saturated carbocycles. The summed E-state index contributed by atoms with van der Waals surface area (Å²) >= 11 is 4.34. The summed E-state index contributed by atoms with van der Waals surface area (Å²) in [7, 11) is 0. The SMILES string of the molecule is O=C(Cn1cc(/C=C2\SC(=O)N(Cc3ccc(Br)cc3)C2=O)c2ccccc21)NC[C@H]1CCCO1. The molecular formula is C26H24BrN3O4S. The average molecular weight is 554 g/mol. The number of hydrogen-bond donors (Lipinski definition) is 1. The maximum Gasteiger partial charge on any atom is 0.293 e. The summed E-state index contributed by atoms with van der Waals surface area (Å²) in [6.07, 6.45) is 5.69. The Bertz CT molecular complexity index is 1310. The molecule has 0 unspecified atom stereocenters. The molecule has 0 aliphatic carbocycles. The number of carbonyl (C=O) groups is 3. The summed E-state index contributed by atoms with van der Waals surface area (Å²) in [6.45, 7) is 1.64. The quantitative estimate of drug-likeness (QED) is 0.419. The van der Waals surface area contributed by atoms with E-state index in [0.29, 0.717) is 11.4 Å². The van der Waals surface area contributed by atoms with Crippen LogP contribution in [0.5, 0.6) is 0 Å². The number of para-hydroxylation sites is 1. The zero-order chi connectivity index (χ0) is 24.4. The normalized spacial score (nSPS) is 19.3. The van der Waals surface area contributed by atoms with Crippen LogP contribution in [0.3, 0.4) is 0 Å². The minimum atomic E-state index is -0.311. The van der Waals surface area contributed by atoms with Crippen molar-refractivity contribution in [2.45, 2.75) is 32.0 Å². The maximum absolute atomic E-state index is 13.0. The van der Waals surface area contributed by atoms with E-state index >= 15 is 0 Å². The molecule has 180 valence electrons. The number of amides is 3. The molecule has 0 spiro atoms. The highest BCUT2D eigenvalue weighted by Crippen LogP contribution is 2.35. The number of rotatable bonds is 7. The molecule has 0 radical (unpaired) electrons. The van der Waals surface area contributed by atoms with Crippen molar-refractivity contribution in [1.29, 1.82) is 0 Å². The van der Waals surface area contributed by atoms with Gasteiger partial charge in [0.05, 0.1) is 17.6 Å². The number of nitrogens with one attached hydrogen (secondary N) is 1. The van der Waals surface area contributed by atoms with Crippen LogP contribution in [0.4, 0.5) is 4.79 Å². The molecule has 7 nitrogen and oxygen atoms in total. The molecule has 3 heterocycles. The number of aromatic nitrogens is 1. The second-order valence-electron chi connectivity index (χ2n) is 8.56. The molecule has 2 aliphatic heterocycles. The highest BCUT2D eigenvalue weighted by atomic mass is 79.9. The van der Waals surface area contributed by atoms with Crippen LogP contribution in [-0.2, 0) is 27.4 Å². The molecule has 3 amide bonds. The molecule has 2 aliphatic rings. The molecule has 2 aromatic carbocycles. The van der Waals surface area contributed by atoms with Gasteiger partial charge in [0, 0.05) is 40.3 Å². The monoisotopic (exact) mass is 553 g/mol. The zero-order valence-corrected chi connectivity index (χ0v) is 21.3. The predicted octanol–water partition coefficient (Wildman–Crippen LogP) is 4.94. The van der Waals surface area contributed by atoms with Gasteiger partial charge in [-0.1, -0.05) is 46.3 Å². The Kier molecular flexibility index (Phi) is 7.08. The van der Waals surface area contributed by atoms with E-state index in [2.05, 4.69) is 21.2 Å². The molecule has 9 heteroatoms. The van der Waals surface area contributed by atoms with Gasteiger partial charge in [-0.15, -0.1) is 0 Å². The Hall–Kier alpha value is -2.88. The highest BCUT2D eigenvalue weighted by Gasteiger charge is 2.35. The fraction of sp³-hybridized carbons (Fsp3) is 0.269. The number of benzene rings is 2. The molecule has 2 saturated heterocycles. The van der Waals surface area contributed by atoms with Gasteiger partial charge in [-0.3, -0.25) is 19.3 Å². The van der Waals surface area contributed by atoms with Gasteiger partial charge < -0.3 is 14.6 Å². The number of hydrogen-bond acceptors (Lipinski definition) is 5. The highest BCUT2D eigenvalue weighted by molar-refractivity contribution is 9.10. The number of carbonyl (C=O) groups excluding carboxylic acids is 3. The van der Waals surface area contributed by atoms with E-state index in [1.165, 1.54) is 4.90 Å². The van der Waals surface area contributed by atoms with Crippen LogP contribution in [-0.4, -0.2) is 45.8 Å². The Morgan fingerprint density at radius 2 is 1.97 bits per heavy atom. The van der Waals surface area contributed by atoms with Gasteiger partial charge in [0.2, 0.25) is 5.91 Å². The Morgan fingerprint density at radius 1 is 1.17 bits per heavy atom. The van der Waals surface area contributed by atoms with Crippen molar-refractivity contribution in [3.63, 3.8) is 0 Å². The van der Waals surface area contributed by atoms with Crippen molar-refractivity contribution in [2.24, 2.45) is 0 Å². The van der Waals surface area contributed by atoms with Crippen molar-refractivity contribution in [3.8, 4) is 0 Å². The first-order chi connectivity index (χ1) is 17.0. The van der Waals surface area contributed by atoms with Gasteiger partial charge in [-0.05, 0) is 54.4 Å². The summed E-state index contributed by atoms with van der Waals surface area (Å²) in [5, 5.41) is 3.58. The number of halogens is 1. The third-order valence-electron chi connectivity index (χ3n) is 6.10. The lowest BCUT2D eigenvalue weighted by atomic mass is 10.1. The minimum absolute atomic E-state index is 0.0870. The largest absolute Gasteiger partial charge is 0.376 e. The van der Waals surface area contributed by atoms with Crippen LogP contribution in [0.2, 0.25) is 0 Å². The number of ether oxygens (including phenoxy) is 1. The Morgan fingerprint density at radius 3 is 2.74 bits per heavy atom. The van der Waals surface area contributed by atoms with E-state index in [0.717, 1.165) is 57.7 Å². The molecular weight excluding hydrogens is 530 g/mol. The first-order valence-electron chi connectivity index (χ1n) is 11.4. The Labute approximate surface area is 215 Å². The van der Waals surface area contributed by atoms with E-state index < -0.39 is 0 Å². The standard InChI is InChI=1S/C26H24BrN3O4S/c27-19-9-7-17(8-10-19)14-30-25(32)23(35-26(30)33)12-18-15-29(22-6-2-1-5-21(18)22)16-24(31)28-13-20-4-3-11-34-20/h1-2,5-10,12,15,20H,3-4,11,13-14,16H2,(H,28,31)/b23-12-/t20-/m1/s1. The van der Waals surface area contributed by atoms with Gasteiger partial charge >= 0.3 is 0 Å². The maximum atomic E-state index is 13.0. The first-order valence-corrected chi connectivity index (χ1v) is 13.0. The van der Waals surface area contributed by atoms with Crippen molar-refractivity contribution < 1.29 is 19.1 Å². The smallest absolute Gasteiger partial charge is 0.293 e. The fourth-order valence-electron chi connectivity index (χ4n) is 4.31. The van der Waals surface area contributed by atoms with Gasteiger partial charge in [-0.2, -0.15) is 0 Å². The van der Waals surface area contributed by atoms with E-state index in [4.69, 9.17) is 4.74 Å². The summed E-state index contributed by atoms with van der Waals surface area (Å²) in [6, 6.07) is 15.3. The van der Waals surface area contributed by atoms with Crippen LogP contribution < -0.4 is 5.32 Å². The lowest BCUT2D eigenvalue weighted by molar-refractivity contribution is -0.123. The average Bonchev–Trinajstić information content (AvgIpc) is 3.56. The second kappa shape index (κ2) is 10.4. The molecule has 3 aromatic rings. The topological polar surface area (TPSA) is 80.6 Å². The van der Waals surface area contributed by atoms with Crippen molar-refractivity contribution in [2.75, 3.05) is 13.2 Å². The number of nitrogens with zero attached hydrogens (tertiary/aromatic N) is 2. The second-order valence-corrected chi connectivity index (χ2v) is 10.5. The molecule has 1 N–H and O–H groups in total. The third kappa shape index (κ3) is 5.37. The summed E-state index contributed by atoms with van der Waals surface area (Å²) in [5.41, 5.74) is 2.56. The van der Waals surface area contributed by atoms with E-state index in [1.807, 2.05) is 59.3 Å². The van der Waals surface area contributed by atoms with Crippen LogP contribution in [0.25, 0.3) is 17.0 Å². The molecule has 0 bridgehead atoms. The summed E-state index contributed by atoms with van der Waals surface area (Å²) in [4.78, 5) is 39.9. The predicted molar refractivity (Wildman–Crippen MR) is 140 cm³/mol. The van der Waals surface area contributed by atoms with Gasteiger partial charge in [0.25, 0.3) is 11.1 Å². The lowest BCUT2D eigenvalue weighted by Gasteiger charge is -2.12. The first kappa shape index (κ1) is 23.8. The van der Waals surface area contributed by atoms with Crippen molar-refractivity contribution in [1.82, 2.24) is 14.8 Å². The summed E-state index contributed by atoms with van der Waals surface area (Å²) in [5.74, 6) is -0.406. The van der Waals surface area contributed by atoms with Crippen LogP contribution in [0.15, 0.2) is 64.1 Å². The fourth-order valence-corrected chi connectivity index (χ4v) is 5.41. The van der Waals surface area contributed by atoms with Gasteiger partial charge in [0.1, 0.15) is 6.54 Å². The van der Waals surface area contributed by atoms with E-state index in [1.54, 1.807) is 6.08 Å². The number of thioether (sulfide) groups is 1. The van der Waals surface area contributed by atoms with Crippen LogP contribution in [0, 0.1) is 0 Å². The van der Waals surface area contributed by atoms with Gasteiger partial charge in [0.15, 0.2) is 0 Å². The van der Waals surface area contributed by atoms with Crippen molar-refractivity contribution in [3.05, 3.63) is 75.2 Å². The lowest BCUT2D eigenvalue weighted by Crippen LogP contribution is -2.34.